The number of benzene rings is 1. The quantitative estimate of drug-likeness (QED) is 0.634. The van der Waals surface area contributed by atoms with E-state index in [0.717, 1.165) is 23.3 Å². The van der Waals surface area contributed by atoms with Crippen molar-refractivity contribution in [3.05, 3.63) is 23.8 Å². The van der Waals surface area contributed by atoms with Crippen LogP contribution in [0.3, 0.4) is 0 Å². The van der Waals surface area contributed by atoms with Gasteiger partial charge in [0, 0.05) is 13.5 Å². The Morgan fingerprint density at radius 2 is 2.10 bits per heavy atom. The molecule has 3 aliphatic rings. The summed E-state index contributed by atoms with van der Waals surface area (Å²) in [7, 11) is 1.33. The Hall–Kier alpha value is -3.30. The number of rotatable bonds is 5. The Morgan fingerprint density at radius 1 is 1.39 bits per heavy atom. The number of hydrogen-bond donors (Lipinski definition) is 3. The number of primary amides is 1. The number of fused-ring (bicyclic) bond motifs is 1. The summed E-state index contributed by atoms with van der Waals surface area (Å²) in [6.45, 7) is 1.70. The molecule has 31 heavy (non-hydrogen) atoms. The third-order valence-electron chi connectivity index (χ3n) is 6.35. The molecule has 1 aromatic carbocycles. The van der Waals surface area contributed by atoms with Crippen molar-refractivity contribution in [1.82, 2.24) is 9.80 Å². The van der Waals surface area contributed by atoms with Gasteiger partial charge in [-0.15, -0.1) is 0 Å². The maximum Gasteiger partial charge on any atom is 0.407 e. The topological polar surface area (TPSA) is 142 Å². The average molecular weight is 430 g/mol. The number of likely N-dealkylation sites (tertiary alicyclic amines) is 1. The molecule has 2 fully saturated rings. The summed E-state index contributed by atoms with van der Waals surface area (Å²) in [6.07, 6.45) is 0.899. The fraction of sp³-hybridized carbons (Fsp3) is 0.524. The van der Waals surface area contributed by atoms with Gasteiger partial charge in [-0.25, -0.2) is 4.79 Å². The van der Waals surface area contributed by atoms with Crippen LogP contribution in [0, 0.1) is 12.8 Å². The fourth-order valence-electron chi connectivity index (χ4n) is 4.33. The third kappa shape index (κ3) is 3.77. The first-order valence-electron chi connectivity index (χ1n) is 10.3. The smallest absolute Gasteiger partial charge is 0.407 e. The average Bonchev–Trinajstić information content (AvgIpc) is 3.45. The molecular formula is C21H26N4O6. The maximum absolute atomic E-state index is 13.4. The summed E-state index contributed by atoms with van der Waals surface area (Å²) in [4.78, 5) is 52.4. The zero-order chi connectivity index (χ0) is 22.5. The number of likely N-dealkylation sites (N-methyl/N-ethyl adjacent to an activating group) is 1. The maximum atomic E-state index is 13.4. The van der Waals surface area contributed by atoms with E-state index in [4.69, 9.17) is 10.5 Å². The summed E-state index contributed by atoms with van der Waals surface area (Å²) in [6, 6.07) is 3.30. The second-order valence-corrected chi connectivity index (χ2v) is 8.73. The molecule has 3 atom stereocenters. The summed E-state index contributed by atoms with van der Waals surface area (Å²) in [5, 5.41) is 12.2. The van der Waals surface area contributed by atoms with Gasteiger partial charge in [0.25, 0.3) is 5.91 Å². The van der Waals surface area contributed by atoms with E-state index in [1.54, 1.807) is 12.1 Å². The molecule has 10 heteroatoms. The Kier molecular flexibility index (Phi) is 5.03. The first kappa shape index (κ1) is 21.0. The molecule has 10 nitrogen and oxygen atoms in total. The molecule has 0 aromatic heterocycles. The molecule has 4 N–H and O–H groups in total. The number of nitrogens with zero attached hydrogens (tertiary/aromatic N) is 2. The summed E-state index contributed by atoms with van der Waals surface area (Å²) in [5.41, 5.74) is 5.55. The van der Waals surface area contributed by atoms with E-state index in [9.17, 15) is 24.3 Å². The van der Waals surface area contributed by atoms with Gasteiger partial charge in [0.15, 0.2) is 0 Å². The molecule has 1 aliphatic carbocycles. The van der Waals surface area contributed by atoms with Gasteiger partial charge in [0.1, 0.15) is 17.8 Å². The van der Waals surface area contributed by atoms with Crippen LogP contribution in [0.15, 0.2) is 18.2 Å². The number of nitrogens with two attached hydrogens (primary N) is 1. The molecule has 2 heterocycles. The number of anilines is 1. The van der Waals surface area contributed by atoms with E-state index >= 15 is 0 Å². The van der Waals surface area contributed by atoms with Crippen LogP contribution in [-0.2, 0) is 14.4 Å². The van der Waals surface area contributed by atoms with E-state index in [1.165, 1.54) is 11.9 Å². The lowest BCUT2D eigenvalue weighted by molar-refractivity contribution is -0.142. The standard InChI is InChI=1S/C21H26N4O6/c1-11-3-6-13-16(7-11)31-21(19(28)23-13)9-15(17(22)26)25(10-21)18(27)14(8-12-4-5-12)24(2)20(29)30/h3,6-7,12,14-15H,4-5,8-10H2,1-2H3,(H2,22,26)(H,23,28)(H,29,30)/t14?,15-,21?/m0/s1. The summed E-state index contributed by atoms with van der Waals surface area (Å²) >= 11 is 0. The Labute approximate surface area is 179 Å². The van der Waals surface area contributed by atoms with Crippen LogP contribution >= 0.6 is 0 Å². The number of carbonyl (C=O) groups is 4. The zero-order valence-electron chi connectivity index (χ0n) is 17.5. The molecule has 166 valence electrons. The zero-order valence-corrected chi connectivity index (χ0v) is 17.5. The van der Waals surface area contributed by atoms with Crippen molar-refractivity contribution in [3.63, 3.8) is 0 Å². The minimum atomic E-state index is -1.47. The summed E-state index contributed by atoms with van der Waals surface area (Å²) < 4.78 is 6.07. The fourth-order valence-corrected chi connectivity index (χ4v) is 4.33. The van der Waals surface area contributed by atoms with Crippen LogP contribution in [0.4, 0.5) is 10.5 Å². The van der Waals surface area contributed by atoms with Gasteiger partial charge in [-0.05, 0) is 37.0 Å². The Balaban J connectivity index is 1.65. The van der Waals surface area contributed by atoms with E-state index in [2.05, 4.69) is 5.32 Å². The SMILES string of the molecule is Cc1ccc2c(c1)OC1(C[C@@H](C(N)=O)N(C(=O)C(CC3CC3)N(C)C(=O)O)C1)C(=O)N2. The van der Waals surface area contributed by atoms with Gasteiger partial charge in [0.2, 0.25) is 17.4 Å². The van der Waals surface area contributed by atoms with Gasteiger partial charge in [-0.3, -0.25) is 19.3 Å². The number of ether oxygens (including phenoxy) is 1. The van der Waals surface area contributed by atoms with Crippen molar-refractivity contribution in [2.75, 3.05) is 18.9 Å². The highest BCUT2D eigenvalue weighted by Gasteiger charge is 2.57. The normalized spacial score (nSPS) is 25.4. The number of hydrogen-bond acceptors (Lipinski definition) is 5. The molecule has 1 saturated heterocycles. The lowest BCUT2D eigenvalue weighted by Crippen LogP contribution is -2.55. The second-order valence-electron chi connectivity index (χ2n) is 8.73. The second kappa shape index (κ2) is 7.44. The number of carbonyl (C=O) groups excluding carboxylic acids is 3. The van der Waals surface area contributed by atoms with Crippen LogP contribution in [-0.4, -0.2) is 70.0 Å². The largest absolute Gasteiger partial charge is 0.473 e. The van der Waals surface area contributed by atoms with Crippen LogP contribution in [0.1, 0.15) is 31.2 Å². The van der Waals surface area contributed by atoms with Gasteiger partial charge in [-0.2, -0.15) is 0 Å². The van der Waals surface area contributed by atoms with Crippen molar-refractivity contribution in [2.24, 2.45) is 11.7 Å². The molecule has 1 saturated carbocycles. The Bertz CT molecular complexity index is 961. The van der Waals surface area contributed by atoms with Gasteiger partial charge in [0.05, 0.1) is 12.2 Å². The molecule has 0 radical (unpaired) electrons. The number of amides is 4. The van der Waals surface area contributed by atoms with Crippen molar-refractivity contribution in [1.29, 1.82) is 0 Å². The van der Waals surface area contributed by atoms with E-state index in [1.807, 2.05) is 13.0 Å². The van der Waals surface area contributed by atoms with Crippen LogP contribution in [0.2, 0.25) is 0 Å². The molecular weight excluding hydrogens is 404 g/mol. The van der Waals surface area contributed by atoms with Gasteiger partial charge >= 0.3 is 6.09 Å². The van der Waals surface area contributed by atoms with Gasteiger partial charge < -0.3 is 25.8 Å². The summed E-state index contributed by atoms with van der Waals surface area (Å²) in [5.74, 6) is -1.04. The molecule has 1 aromatic rings. The van der Waals surface area contributed by atoms with Crippen LogP contribution < -0.4 is 15.8 Å². The predicted octanol–water partition coefficient (Wildman–Crippen LogP) is 0.929. The van der Waals surface area contributed by atoms with Gasteiger partial charge in [-0.1, -0.05) is 18.9 Å². The van der Waals surface area contributed by atoms with E-state index in [-0.39, 0.29) is 18.9 Å². The highest BCUT2D eigenvalue weighted by Crippen LogP contribution is 2.41. The van der Waals surface area contributed by atoms with Crippen molar-refractivity contribution >= 4 is 29.5 Å². The van der Waals surface area contributed by atoms with Crippen molar-refractivity contribution in [3.8, 4) is 5.75 Å². The first-order chi connectivity index (χ1) is 14.6. The Morgan fingerprint density at radius 3 is 2.71 bits per heavy atom. The van der Waals surface area contributed by atoms with Crippen molar-refractivity contribution < 1.29 is 29.0 Å². The van der Waals surface area contributed by atoms with E-state index < -0.39 is 41.5 Å². The highest BCUT2D eigenvalue weighted by atomic mass is 16.5. The molecule has 4 amide bonds. The molecule has 1 spiro atoms. The molecule has 2 aliphatic heterocycles. The number of nitrogens with one attached hydrogen (secondary N) is 1. The number of aryl methyl sites for hydroxylation is 1. The first-order valence-corrected chi connectivity index (χ1v) is 10.3. The number of carboxylic acid groups (broad SMARTS) is 1. The lowest BCUT2D eigenvalue weighted by atomic mass is 9.96. The van der Waals surface area contributed by atoms with Crippen LogP contribution in [0.5, 0.6) is 5.75 Å². The monoisotopic (exact) mass is 430 g/mol. The minimum absolute atomic E-state index is 0.0970. The third-order valence-corrected chi connectivity index (χ3v) is 6.35. The lowest BCUT2D eigenvalue weighted by Gasteiger charge is -2.35. The van der Waals surface area contributed by atoms with Crippen LogP contribution in [0.25, 0.3) is 0 Å². The minimum Gasteiger partial charge on any atom is -0.473 e. The highest BCUT2D eigenvalue weighted by molar-refractivity contribution is 6.03. The molecule has 4 rings (SSSR count). The molecule has 2 unspecified atom stereocenters. The molecule has 0 bridgehead atoms. The van der Waals surface area contributed by atoms with E-state index in [0.29, 0.717) is 17.9 Å². The predicted molar refractivity (Wildman–Crippen MR) is 109 cm³/mol. The van der Waals surface area contributed by atoms with Crippen molar-refractivity contribution in [2.45, 2.75) is 50.3 Å².